The van der Waals surface area contributed by atoms with E-state index in [0.29, 0.717) is 18.1 Å². The first kappa shape index (κ1) is 12.3. The van der Waals surface area contributed by atoms with Crippen LogP contribution in [0.4, 0.5) is 5.69 Å². The van der Waals surface area contributed by atoms with E-state index in [1.807, 2.05) is 13.0 Å². The summed E-state index contributed by atoms with van der Waals surface area (Å²) in [5, 5.41) is 0. The fourth-order valence-corrected chi connectivity index (χ4v) is 1.13. The number of aliphatic imine (C=N–C) groups is 1. The van der Waals surface area contributed by atoms with Gasteiger partial charge >= 0.3 is 0 Å². The zero-order chi connectivity index (χ0) is 11.8. The van der Waals surface area contributed by atoms with Crippen LogP contribution in [-0.2, 0) is 4.84 Å². The van der Waals surface area contributed by atoms with E-state index in [9.17, 15) is 0 Å². The Morgan fingerprint density at radius 3 is 2.62 bits per heavy atom. The molecule has 0 saturated carbocycles. The highest BCUT2D eigenvalue weighted by atomic mass is 16.6. The van der Waals surface area contributed by atoms with Crippen LogP contribution in [0.5, 0.6) is 11.5 Å². The topological polar surface area (TPSA) is 52.1 Å². The molecule has 0 aliphatic rings. The molecule has 1 rings (SSSR count). The second-order valence-corrected chi connectivity index (χ2v) is 2.85. The predicted octanol–water partition coefficient (Wildman–Crippen LogP) is 1.90. The first-order valence-corrected chi connectivity index (χ1v) is 4.93. The van der Waals surface area contributed by atoms with Crippen molar-refractivity contribution < 1.29 is 14.3 Å². The molecule has 0 aromatic heterocycles. The highest BCUT2D eigenvalue weighted by molar-refractivity contribution is 5.62. The third kappa shape index (κ3) is 3.43. The van der Waals surface area contributed by atoms with Crippen molar-refractivity contribution >= 4 is 12.0 Å². The van der Waals surface area contributed by atoms with E-state index in [1.54, 1.807) is 26.4 Å². The van der Waals surface area contributed by atoms with Crippen molar-refractivity contribution in [1.82, 2.24) is 5.48 Å². The van der Waals surface area contributed by atoms with Crippen LogP contribution in [0.2, 0.25) is 0 Å². The molecule has 5 heteroatoms. The lowest BCUT2D eigenvalue weighted by Gasteiger charge is -2.07. The first-order valence-electron chi connectivity index (χ1n) is 4.93. The molecule has 0 atom stereocenters. The highest BCUT2D eigenvalue weighted by Crippen LogP contribution is 2.30. The van der Waals surface area contributed by atoms with Crippen molar-refractivity contribution in [2.24, 2.45) is 4.99 Å². The minimum Gasteiger partial charge on any atom is -0.493 e. The second kappa shape index (κ2) is 6.68. The molecule has 0 amide bonds. The molecule has 5 nitrogen and oxygen atoms in total. The Balaban J connectivity index is 2.71. The van der Waals surface area contributed by atoms with Crippen LogP contribution in [0.25, 0.3) is 0 Å². The van der Waals surface area contributed by atoms with Gasteiger partial charge < -0.3 is 9.47 Å². The monoisotopic (exact) mass is 224 g/mol. The Morgan fingerprint density at radius 2 is 2.00 bits per heavy atom. The Morgan fingerprint density at radius 1 is 1.25 bits per heavy atom. The molecule has 88 valence electrons. The quantitative estimate of drug-likeness (QED) is 0.347. The Kier molecular flexibility index (Phi) is 5.15. The van der Waals surface area contributed by atoms with Gasteiger partial charge in [-0.3, -0.25) is 10.3 Å². The predicted molar refractivity (Wildman–Crippen MR) is 62.5 cm³/mol. The van der Waals surface area contributed by atoms with Gasteiger partial charge in [0.1, 0.15) is 6.34 Å². The van der Waals surface area contributed by atoms with Crippen molar-refractivity contribution in [3.05, 3.63) is 18.2 Å². The molecular formula is C11H16N2O3. The Hall–Kier alpha value is -1.75. The molecule has 0 bridgehead atoms. The minimum absolute atomic E-state index is 0.581. The second-order valence-electron chi connectivity index (χ2n) is 2.85. The van der Waals surface area contributed by atoms with Crippen molar-refractivity contribution in [3.63, 3.8) is 0 Å². The number of ether oxygens (including phenoxy) is 2. The van der Waals surface area contributed by atoms with Gasteiger partial charge in [-0.05, 0) is 19.1 Å². The maximum absolute atomic E-state index is 5.15. The molecular weight excluding hydrogens is 208 g/mol. The summed E-state index contributed by atoms with van der Waals surface area (Å²) in [5.74, 6) is 1.33. The number of nitrogens with one attached hydrogen (secondary N) is 1. The summed E-state index contributed by atoms with van der Waals surface area (Å²) in [5.41, 5.74) is 3.34. The lowest BCUT2D eigenvalue weighted by molar-refractivity contribution is 0.100. The van der Waals surface area contributed by atoms with Crippen LogP contribution in [0.3, 0.4) is 0 Å². The number of benzene rings is 1. The van der Waals surface area contributed by atoms with Crippen molar-refractivity contribution in [3.8, 4) is 11.5 Å². The summed E-state index contributed by atoms with van der Waals surface area (Å²) >= 11 is 0. The van der Waals surface area contributed by atoms with E-state index in [2.05, 4.69) is 10.5 Å². The Bertz CT molecular complexity index is 353. The standard InChI is InChI=1S/C11H16N2O3/c1-4-16-13-8-12-9-5-6-10(14-2)11(7-9)15-3/h5-8H,4H2,1-3H3,(H,12,13). The van der Waals surface area contributed by atoms with Crippen molar-refractivity contribution in [2.45, 2.75) is 6.92 Å². The Labute approximate surface area is 95.0 Å². The molecule has 16 heavy (non-hydrogen) atoms. The fraction of sp³-hybridized carbons (Fsp3) is 0.364. The van der Waals surface area contributed by atoms with Gasteiger partial charge in [0.15, 0.2) is 11.5 Å². The molecule has 0 aliphatic carbocycles. The van der Waals surface area contributed by atoms with Crippen LogP contribution in [0, 0.1) is 0 Å². The number of hydrogen-bond acceptors (Lipinski definition) is 4. The van der Waals surface area contributed by atoms with E-state index >= 15 is 0 Å². The summed E-state index contributed by atoms with van der Waals surface area (Å²) < 4.78 is 10.3. The smallest absolute Gasteiger partial charge is 0.162 e. The van der Waals surface area contributed by atoms with Crippen LogP contribution >= 0.6 is 0 Å². The maximum Gasteiger partial charge on any atom is 0.162 e. The fourth-order valence-electron chi connectivity index (χ4n) is 1.13. The third-order valence-corrected chi connectivity index (χ3v) is 1.86. The molecule has 0 unspecified atom stereocenters. The molecule has 0 heterocycles. The number of hydrogen-bond donors (Lipinski definition) is 1. The van der Waals surface area contributed by atoms with Gasteiger partial charge in [-0.1, -0.05) is 0 Å². The van der Waals surface area contributed by atoms with Gasteiger partial charge in [-0.2, -0.15) is 0 Å². The average molecular weight is 224 g/mol. The van der Waals surface area contributed by atoms with E-state index in [0.717, 1.165) is 5.69 Å². The van der Waals surface area contributed by atoms with E-state index in [4.69, 9.17) is 14.3 Å². The molecule has 0 aliphatic heterocycles. The normalized spacial score (nSPS) is 10.4. The molecule has 1 N–H and O–H groups in total. The van der Waals surface area contributed by atoms with Gasteiger partial charge in [-0.15, -0.1) is 0 Å². The van der Waals surface area contributed by atoms with Crippen LogP contribution in [0.15, 0.2) is 23.2 Å². The lowest BCUT2D eigenvalue weighted by atomic mass is 10.3. The zero-order valence-corrected chi connectivity index (χ0v) is 9.69. The number of methoxy groups -OCH3 is 2. The minimum atomic E-state index is 0.581. The summed E-state index contributed by atoms with van der Waals surface area (Å²) in [6.45, 7) is 2.47. The molecule has 0 spiro atoms. The summed E-state index contributed by atoms with van der Waals surface area (Å²) in [6.07, 6.45) is 1.48. The van der Waals surface area contributed by atoms with Crippen LogP contribution in [-0.4, -0.2) is 27.2 Å². The van der Waals surface area contributed by atoms with Gasteiger partial charge in [-0.25, -0.2) is 4.99 Å². The van der Waals surface area contributed by atoms with Crippen molar-refractivity contribution in [2.75, 3.05) is 20.8 Å². The summed E-state index contributed by atoms with van der Waals surface area (Å²) in [6, 6.07) is 5.40. The van der Waals surface area contributed by atoms with Crippen molar-refractivity contribution in [1.29, 1.82) is 0 Å². The summed E-state index contributed by atoms with van der Waals surface area (Å²) in [4.78, 5) is 9.03. The van der Waals surface area contributed by atoms with Gasteiger partial charge in [0.05, 0.1) is 26.5 Å². The largest absolute Gasteiger partial charge is 0.493 e. The molecule has 1 aromatic carbocycles. The average Bonchev–Trinajstić information content (AvgIpc) is 2.34. The number of rotatable bonds is 6. The lowest BCUT2D eigenvalue weighted by Crippen LogP contribution is -2.10. The first-order chi connectivity index (χ1) is 7.81. The zero-order valence-electron chi connectivity index (χ0n) is 9.69. The molecule has 1 aromatic rings. The third-order valence-electron chi connectivity index (χ3n) is 1.86. The van der Waals surface area contributed by atoms with Crippen LogP contribution in [0.1, 0.15) is 6.92 Å². The maximum atomic E-state index is 5.15. The van der Waals surface area contributed by atoms with E-state index < -0.39 is 0 Å². The highest BCUT2D eigenvalue weighted by Gasteiger charge is 2.02. The number of nitrogens with zero attached hydrogens (tertiary/aromatic N) is 1. The van der Waals surface area contributed by atoms with Crippen LogP contribution < -0.4 is 15.0 Å². The van der Waals surface area contributed by atoms with Gasteiger partial charge in [0.2, 0.25) is 0 Å². The molecule has 0 fully saturated rings. The summed E-state index contributed by atoms with van der Waals surface area (Å²) in [7, 11) is 3.18. The van der Waals surface area contributed by atoms with Gasteiger partial charge in [0.25, 0.3) is 0 Å². The number of hydroxylamine groups is 1. The molecule has 0 radical (unpaired) electrons. The molecule has 0 saturated heterocycles. The van der Waals surface area contributed by atoms with E-state index in [1.165, 1.54) is 6.34 Å². The van der Waals surface area contributed by atoms with E-state index in [-0.39, 0.29) is 0 Å². The SMILES string of the molecule is CCONC=Nc1ccc(OC)c(OC)c1. The van der Waals surface area contributed by atoms with Gasteiger partial charge in [0, 0.05) is 6.07 Å².